The standard InChI is InChI=1S/C15H23N3O3/c1-4-17-13(19)10-18(5-2)14-11(15(20)21-6-3)8-7-9-12(14)16/h7-9H,4-6,10,16H2,1-3H3,(H,17,19). The van der Waals surface area contributed by atoms with Crippen LogP contribution in [0.25, 0.3) is 0 Å². The van der Waals surface area contributed by atoms with Gasteiger partial charge >= 0.3 is 5.97 Å². The number of rotatable bonds is 7. The van der Waals surface area contributed by atoms with Gasteiger partial charge in [-0.15, -0.1) is 0 Å². The monoisotopic (exact) mass is 293 g/mol. The topological polar surface area (TPSA) is 84.7 Å². The predicted octanol–water partition coefficient (Wildman–Crippen LogP) is 1.41. The number of nitrogens with one attached hydrogen (secondary N) is 1. The zero-order valence-electron chi connectivity index (χ0n) is 12.8. The van der Waals surface area contributed by atoms with Crippen LogP contribution in [-0.4, -0.2) is 38.1 Å². The Kier molecular flexibility index (Phi) is 6.52. The quantitative estimate of drug-likeness (QED) is 0.586. The molecule has 0 saturated carbocycles. The molecule has 6 heteroatoms. The van der Waals surface area contributed by atoms with Gasteiger partial charge in [0.1, 0.15) is 0 Å². The first-order valence-electron chi connectivity index (χ1n) is 7.12. The van der Waals surface area contributed by atoms with E-state index in [1.807, 2.05) is 13.8 Å². The van der Waals surface area contributed by atoms with Crippen molar-refractivity contribution in [3.8, 4) is 0 Å². The van der Waals surface area contributed by atoms with E-state index in [1.165, 1.54) is 0 Å². The summed E-state index contributed by atoms with van der Waals surface area (Å²) in [6.07, 6.45) is 0. The van der Waals surface area contributed by atoms with Gasteiger partial charge in [-0.05, 0) is 32.9 Å². The Balaban J connectivity index is 3.12. The largest absolute Gasteiger partial charge is 0.462 e. The van der Waals surface area contributed by atoms with E-state index < -0.39 is 5.97 Å². The van der Waals surface area contributed by atoms with E-state index >= 15 is 0 Å². The number of likely N-dealkylation sites (N-methyl/N-ethyl adjacent to an activating group) is 2. The Morgan fingerprint density at radius 3 is 2.57 bits per heavy atom. The lowest BCUT2D eigenvalue weighted by Gasteiger charge is -2.26. The highest BCUT2D eigenvalue weighted by atomic mass is 16.5. The molecule has 0 unspecified atom stereocenters. The smallest absolute Gasteiger partial charge is 0.340 e. The van der Waals surface area contributed by atoms with E-state index in [0.29, 0.717) is 30.0 Å². The molecule has 0 radical (unpaired) electrons. The molecule has 1 amide bonds. The minimum atomic E-state index is -0.436. The first kappa shape index (κ1) is 16.8. The number of nitrogens with two attached hydrogens (primary N) is 1. The molecule has 1 aromatic carbocycles. The van der Waals surface area contributed by atoms with Crippen LogP contribution in [0, 0.1) is 0 Å². The number of esters is 1. The predicted molar refractivity (Wildman–Crippen MR) is 83.4 cm³/mol. The van der Waals surface area contributed by atoms with Gasteiger partial charge in [0.25, 0.3) is 0 Å². The lowest BCUT2D eigenvalue weighted by Crippen LogP contribution is -2.38. The molecular weight excluding hydrogens is 270 g/mol. The van der Waals surface area contributed by atoms with Gasteiger partial charge in [-0.2, -0.15) is 0 Å². The van der Waals surface area contributed by atoms with E-state index in [2.05, 4.69) is 5.32 Å². The first-order chi connectivity index (χ1) is 10.0. The molecule has 0 aliphatic heterocycles. The third-order valence-corrected chi connectivity index (χ3v) is 2.97. The summed E-state index contributed by atoms with van der Waals surface area (Å²) in [4.78, 5) is 25.6. The molecule has 1 rings (SSSR count). The van der Waals surface area contributed by atoms with Crippen LogP contribution in [0.2, 0.25) is 0 Å². The third kappa shape index (κ3) is 4.37. The van der Waals surface area contributed by atoms with Gasteiger partial charge in [-0.25, -0.2) is 4.79 Å². The zero-order valence-corrected chi connectivity index (χ0v) is 12.8. The fraction of sp³-hybridized carbons (Fsp3) is 0.467. The molecule has 0 bridgehead atoms. The van der Waals surface area contributed by atoms with Crippen LogP contribution < -0.4 is 16.0 Å². The molecule has 0 aliphatic carbocycles. The number of anilines is 2. The van der Waals surface area contributed by atoms with Crippen LogP contribution in [0.3, 0.4) is 0 Å². The number of nitrogens with zero attached hydrogens (tertiary/aromatic N) is 1. The first-order valence-corrected chi connectivity index (χ1v) is 7.12. The molecule has 1 aromatic rings. The van der Waals surface area contributed by atoms with Crippen molar-refractivity contribution in [3.05, 3.63) is 23.8 Å². The maximum Gasteiger partial charge on any atom is 0.340 e. The fourth-order valence-corrected chi connectivity index (χ4v) is 2.06. The van der Waals surface area contributed by atoms with Crippen LogP contribution in [-0.2, 0) is 9.53 Å². The number of nitrogen functional groups attached to an aromatic ring is 1. The summed E-state index contributed by atoms with van der Waals surface area (Å²) in [7, 11) is 0. The second kappa shape index (κ2) is 8.14. The van der Waals surface area contributed by atoms with E-state index in [0.717, 1.165) is 0 Å². The molecular formula is C15H23N3O3. The number of carbonyl (C=O) groups excluding carboxylic acids is 2. The minimum Gasteiger partial charge on any atom is -0.462 e. The van der Waals surface area contributed by atoms with Crippen molar-refractivity contribution in [2.45, 2.75) is 20.8 Å². The lowest BCUT2D eigenvalue weighted by molar-refractivity contribution is -0.119. The second-order valence-electron chi connectivity index (χ2n) is 4.43. The maximum atomic E-state index is 12.0. The Morgan fingerprint density at radius 1 is 1.29 bits per heavy atom. The van der Waals surface area contributed by atoms with E-state index in [9.17, 15) is 9.59 Å². The van der Waals surface area contributed by atoms with Crippen LogP contribution >= 0.6 is 0 Å². The van der Waals surface area contributed by atoms with Gasteiger partial charge in [0.15, 0.2) is 0 Å². The van der Waals surface area contributed by atoms with Crippen LogP contribution in [0.4, 0.5) is 11.4 Å². The number of hydrogen-bond donors (Lipinski definition) is 2. The molecule has 0 fully saturated rings. The highest BCUT2D eigenvalue weighted by Crippen LogP contribution is 2.28. The molecule has 0 spiro atoms. The number of benzene rings is 1. The van der Waals surface area contributed by atoms with Crippen molar-refractivity contribution in [1.29, 1.82) is 0 Å². The average molecular weight is 293 g/mol. The van der Waals surface area contributed by atoms with E-state index in [4.69, 9.17) is 10.5 Å². The lowest BCUT2D eigenvalue weighted by atomic mass is 10.1. The van der Waals surface area contributed by atoms with E-state index in [1.54, 1.807) is 30.0 Å². The SMILES string of the molecule is CCNC(=O)CN(CC)c1c(N)cccc1C(=O)OCC. The zero-order chi connectivity index (χ0) is 15.8. The number of para-hydroxylation sites is 1. The molecule has 3 N–H and O–H groups in total. The fourth-order valence-electron chi connectivity index (χ4n) is 2.06. The molecule has 0 aliphatic rings. The van der Waals surface area contributed by atoms with Gasteiger partial charge in [-0.1, -0.05) is 6.07 Å². The van der Waals surface area contributed by atoms with Gasteiger partial charge in [0.2, 0.25) is 5.91 Å². The maximum absolute atomic E-state index is 12.0. The summed E-state index contributed by atoms with van der Waals surface area (Å²) in [5.74, 6) is -0.549. The van der Waals surface area contributed by atoms with Crippen molar-refractivity contribution in [2.75, 3.05) is 36.9 Å². The highest BCUT2D eigenvalue weighted by Gasteiger charge is 2.20. The van der Waals surface area contributed by atoms with Crippen LogP contribution in [0.1, 0.15) is 31.1 Å². The number of amides is 1. The molecule has 0 aromatic heterocycles. The van der Waals surface area contributed by atoms with Crippen molar-refractivity contribution in [2.24, 2.45) is 0 Å². The molecule has 6 nitrogen and oxygen atoms in total. The number of hydrogen-bond acceptors (Lipinski definition) is 5. The summed E-state index contributed by atoms with van der Waals surface area (Å²) in [6, 6.07) is 5.06. The molecule has 0 saturated heterocycles. The highest BCUT2D eigenvalue weighted by molar-refractivity contribution is 6.00. The Hall–Kier alpha value is -2.24. The number of ether oxygens (including phenoxy) is 1. The van der Waals surface area contributed by atoms with Crippen molar-refractivity contribution in [3.63, 3.8) is 0 Å². The van der Waals surface area contributed by atoms with Crippen molar-refractivity contribution >= 4 is 23.3 Å². The minimum absolute atomic E-state index is 0.114. The summed E-state index contributed by atoms with van der Waals surface area (Å²) < 4.78 is 5.05. The van der Waals surface area contributed by atoms with Gasteiger partial charge in [0.05, 0.1) is 30.1 Å². The average Bonchev–Trinajstić information content (AvgIpc) is 2.45. The summed E-state index contributed by atoms with van der Waals surface area (Å²) >= 11 is 0. The molecule has 116 valence electrons. The van der Waals surface area contributed by atoms with Crippen LogP contribution in [0.5, 0.6) is 0 Å². The summed E-state index contributed by atoms with van der Waals surface area (Å²) in [6.45, 7) is 7.05. The van der Waals surface area contributed by atoms with Gasteiger partial charge < -0.3 is 20.7 Å². The van der Waals surface area contributed by atoms with Gasteiger partial charge in [0, 0.05) is 13.1 Å². The number of carbonyl (C=O) groups is 2. The normalized spacial score (nSPS) is 10.0. The van der Waals surface area contributed by atoms with Gasteiger partial charge in [-0.3, -0.25) is 4.79 Å². The van der Waals surface area contributed by atoms with E-state index in [-0.39, 0.29) is 19.1 Å². The van der Waals surface area contributed by atoms with Crippen molar-refractivity contribution in [1.82, 2.24) is 5.32 Å². The van der Waals surface area contributed by atoms with Crippen LogP contribution in [0.15, 0.2) is 18.2 Å². The molecule has 0 atom stereocenters. The molecule has 21 heavy (non-hydrogen) atoms. The summed E-state index contributed by atoms with van der Waals surface area (Å²) in [5.41, 5.74) is 7.37. The summed E-state index contributed by atoms with van der Waals surface area (Å²) in [5, 5.41) is 2.74. The van der Waals surface area contributed by atoms with Crippen molar-refractivity contribution < 1.29 is 14.3 Å². The second-order valence-corrected chi connectivity index (χ2v) is 4.43. The molecule has 0 heterocycles. The Morgan fingerprint density at radius 2 is 2.00 bits per heavy atom. The third-order valence-electron chi connectivity index (χ3n) is 2.97. The Bertz CT molecular complexity index is 503. The Labute approximate surface area is 125 Å².